The molecule has 4 rings (SSSR count). The summed E-state index contributed by atoms with van der Waals surface area (Å²) in [6.45, 7) is 4.19. The third-order valence-corrected chi connectivity index (χ3v) is 5.16. The highest BCUT2D eigenvalue weighted by Crippen LogP contribution is 2.35. The molecule has 0 spiro atoms. The van der Waals surface area contributed by atoms with Gasteiger partial charge in [0.05, 0.1) is 11.6 Å². The molecular formula is C28H23N3. The van der Waals surface area contributed by atoms with Gasteiger partial charge in [0.25, 0.3) is 0 Å². The number of rotatable bonds is 5. The first-order valence-electron chi connectivity index (χ1n) is 10.2. The number of anilines is 3. The van der Waals surface area contributed by atoms with Gasteiger partial charge in [-0.1, -0.05) is 47.5 Å². The second-order valence-corrected chi connectivity index (χ2v) is 7.50. The third-order valence-electron chi connectivity index (χ3n) is 5.16. The van der Waals surface area contributed by atoms with E-state index in [-0.39, 0.29) is 0 Å². The average molecular weight is 402 g/mol. The molecule has 0 atom stereocenters. The van der Waals surface area contributed by atoms with E-state index < -0.39 is 0 Å². The molecule has 0 saturated heterocycles. The van der Waals surface area contributed by atoms with Crippen LogP contribution < -0.4 is 4.90 Å². The fraction of sp³-hybridized carbons (Fsp3) is 0.0714. The molecule has 0 fully saturated rings. The molecular weight excluding hydrogens is 378 g/mol. The number of pyridine rings is 1. The first kappa shape index (κ1) is 20.1. The topological polar surface area (TPSA) is 39.9 Å². The molecule has 1 aromatic heterocycles. The van der Waals surface area contributed by atoms with Crippen LogP contribution in [0, 0.1) is 25.2 Å². The summed E-state index contributed by atoms with van der Waals surface area (Å²) in [7, 11) is 0. The second-order valence-electron chi connectivity index (χ2n) is 7.50. The van der Waals surface area contributed by atoms with E-state index in [9.17, 15) is 5.26 Å². The second kappa shape index (κ2) is 9.11. The van der Waals surface area contributed by atoms with Crippen LogP contribution in [0.1, 0.15) is 22.3 Å². The molecule has 0 bridgehead atoms. The van der Waals surface area contributed by atoms with Gasteiger partial charge in [0, 0.05) is 29.5 Å². The van der Waals surface area contributed by atoms with Gasteiger partial charge in [-0.2, -0.15) is 5.26 Å². The molecule has 0 saturated carbocycles. The van der Waals surface area contributed by atoms with Crippen LogP contribution in [-0.2, 0) is 0 Å². The number of hydrogen-bond donors (Lipinski definition) is 0. The van der Waals surface area contributed by atoms with Crippen LogP contribution in [0.15, 0.2) is 97.3 Å². The van der Waals surface area contributed by atoms with E-state index in [1.165, 1.54) is 11.1 Å². The quantitative estimate of drug-likeness (QED) is 0.331. The van der Waals surface area contributed by atoms with Crippen molar-refractivity contribution in [2.45, 2.75) is 13.8 Å². The highest BCUT2D eigenvalue weighted by molar-refractivity contribution is 5.89. The maximum absolute atomic E-state index is 9.58. The zero-order chi connectivity index (χ0) is 21.6. The van der Waals surface area contributed by atoms with Crippen molar-refractivity contribution in [3.63, 3.8) is 0 Å². The van der Waals surface area contributed by atoms with Crippen molar-refractivity contribution in [3.8, 4) is 6.07 Å². The van der Waals surface area contributed by atoms with Crippen LogP contribution in [0.25, 0.3) is 11.6 Å². The summed E-state index contributed by atoms with van der Waals surface area (Å²) < 4.78 is 0. The van der Waals surface area contributed by atoms with E-state index in [0.29, 0.717) is 5.57 Å². The normalized spacial score (nSPS) is 11.1. The van der Waals surface area contributed by atoms with Crippen molar-refractivity contribution >= 4 is 28.7 Å². The SMILES string of the molecule is Cc1ccc(N(c2ccc(C)cc2)c2ccc(/C=C(\C#N)c3ccncc3)cc2)cc1. The molecule has 0 amide bonds. The molecule has 3 aromatic carbocycles. The highest BCUT2D eigenvalue weighted by atomic mass is 15.1. The van der Waals surface area contributed by atoms with E-state index in [1.54, 1.807) is 12.4 Å². The Morgan fingerprint density at radius 1 is 0.710 bits per heavy atom. The number of allylic oxidation sites excluding steroid dienone is 1. The predicted octanol–water partition coefficient (Wildman–Crippen LogP) is 7.23. The number of aryl methyl sites for hydroxylation is 2. The predicted molar refractivity (Wildman–Crippen MR) is 128 cm³/mol. The minimum atomic E-state index is 0.615. The summed E-state index contributed by atoms with van der Waals surface area (Å²) >= 11 is 0. The van der Waals surface area contributed by atoms with E-state index in [0.717, 1.165) is 28.2 Å². The van der Waals surface area contributed by atoms with Crippen LogP contribution in [-0.4, -0.2) is 4.98 Å². The largest absolute Gasteiger partial charge is 0.311 e. The lowest BCUT2D eigenvalue weighted by Gasteiger charge is -2.26. The summed E-state index contributed by atoms with van der Waals surface area (Å²) in [5, 5.41) is 9.58. The molecule has 0 N–H and O–H groups in total. The molecule has 0 aliphatic carbocycles. The van der Waals surface area contributed by atoms with Crippen molar-refractivity contribution in [2.75, 3.05) is 4.90 Å². The monoisotopic (exact) mass is 401 g/mol. The van der Waals surface area contributed by atoms with Gasteiger partial charge in [0.15, 0.2) is 0 Å². The Bertz CT molecular complexity index is 1170. The molecule has 3 heteroatoms. The molecule has 0 unspecified atom stereocenters. The highest BCUT2D eigenvalue weighted by Gasteiger charge is 2.12. The lowest BCUT2D eigenvalue weighted by Crippen LogP contribution is -2.09. The molecule has 0 aliphatic rings. The van der Waals surface area contributed by atoms with E-state index in [2.05, 4.69) is 90.5 Å². The van der Waals surface area contributed by atoms with Crippen LogP contribution in [0.2, 0.25) is 0 Å². The van der Waals surface area contributed by atoms with Crippen molar-refractivity contribution in [1.82, 2.24) is 4.98 Å². The number of nitriles is 1. The lowest BCUT2D eigenvalue weighted by molar-refractivity contribution is 1.27. The van der Waals surface area contributed by atoms with Crippen molar-refractivity contribution in [1.29, 1.82) is 5.26 Å². The van der Waals surface area contributed by atoms with Crippen LogP contribution in [0.3, 0.4) is 0 Å². The van der Waals surface area contributed by atoms with Gasteiger partial charge in [-0.05, 0) is 79.6 Å². The minimum absolute atomic E-state index is 0.615. The van der Waals surface area contributed by atoms with Crippen molar-refractivity contribution in [2.24, 2.45) is 0 Å². The molecule has 31 heavy (non-hydrogen) atoms. The fourth-order valence-electron chi connectivity index (χ4n) is 3.43. The van der Waals surface area contributed by atoms with Crippen LogP contribution in [0.5, 0.6) is 0 Å². The average Bonchev–Trinajstić information content (AvgIpc) is 2.81. The molecule has 0 aliphatic heterocycles. The van der Waals surface area contributed by atoms with E-state index >= 15 is 0 Å². The number of benzene rings is 3. The zero-order valence-corrected chi connectivity index (χ0v) is 17.7. The van der Waals surface area contributed by atoms with Crippen LogP contribution in [0.4, 0.5) is 17.1 Å². The Morgan fingerprint density at radius 2 is 1.16 bits per heavy atom. The van der Waals surface area contributed by atoms with Gasteiger partial charge < -0.3 is 4.90 Å². The Morgan fingerprint density at radius 3 is 1.61 bits per heavy atom. The van der Waals surface area contributed by atoms with Gasteiger partial charge in [-0.15, -0.1) is 0 Å². The van der Waals surface area contributed by atoms with E-state index in [4.69, 9.17) is 0 Å². The Hall–Kier alpha value is -4.16. The summed E-state index contributed by atoms with van der Waals surface area (Å²) in [6.07, 6.45) is 5.30. The van der Waals surface area contributed by atoms with Gasteiger partial charge in [-0.3, -0.25) is 4.98 Å². The van der Waals surface area contributed by atoms with Gasteiger partial charge >= 0.3 is 0 Å². The van der Waals surface area contributed by atoms with Gasteiger partial charge in [0.1, 0.15) is 0 Å². The Kier molecular flexibility index (Phi) is 5.91. The summed E-state index contributed by atoms with van der Waals surface area (Å²) in [5.74, 6) is 0. The number of hydrogen-bond acceptors (Lipinski definition) is 3. The Balaban J connectivity index is 1.71. The molecule has 4 aromatic rings. The van der Waals surface area contributed by atoms with Gasteiger partial charge in [-0.25, -0.2) is 0 Å². The first-order valence-corrected chi connectivity index (χ1v) is 10.2. The van der Waals surface area contributed by atoms with Crippen molar-refractivity contribution in [3.05, 3.63) is 120 Å². The van der Waals surface area contributed by atoms with Crippen LogP contribution >= 0.6 is 0 Å². The van der Waals surface area contributed by atoms with Gasteiger partial charge in [0.2, 0.25) is 0 Å². The third kappa shape index (κ3) is 4.71. The Labute approximate surface area is 183 Å². The summed E-state index contributed by atoms with van der Waals surface area (Å²) in [6, 6.07) is 31.3. The van der Waals surface area contributed by atoms with E-state index in [1.807, 2.05) is 30.3 Å². The zero-order valence-electron chi connectivity index (χ0n) is 17.7. The molecule has 150 valence electrons. The molecule has 3 nitrogen and oxygen atoms in total. The summed E-state index contributed by atoms with van der Waals surface area (Å²) in [4.78, 5) is 6.26. The standard InChI is InChI=1S/C28H23N3/c1-21-3-9-26(10-4-21)31(27-11-5-22(2)6-12-27)28-13-7-23(8-14-28)19-25(20-29)24-15-17-30-18-16-24/h3-19H,1-2H3/b25-19+. The lowest BCUT2D eigenvalue weighted by atomic mass is 10.0. The summed E-state index contributed by atoms with van der Waals surface area (Å²) in [5.41, 5.74) is 8.18. The minimum Gasteiger partial charge on any atom is -0.311 e. The maximum Gasteiger partial charge on any atom is 0.0998 e. The maximum atomic E-state index is 9.58. The number of aromatic nitrogens is 1. The fourth-order valence-corrected chi connectivity index (χ4v) is 3.43. The molecule has 0 radical (unpaired) electrons. The molecule has 1 heterocycles. The smallest absolute Gasteiger partial charge is 0.0998 e. The van der Waals surface area contributed by atoms with Crippen molar-refractivity contribution < 1.29 is 0 Å². The first-order chi connectivity index (χ1) is 15.1. The number of nitrogens with zero attached hydrogens (tertiary/aromatic N) is 3.